The van der Waals surface area contributed by atoms with Gasteiger partial charge in [0.25, 0.3) is 0 Å². The Hall–Kier alpha value is -3.54. The molecule has 0 atom stereocenters. The van der Waals surface area contributed by atoms with Crippen molar-refractivity contribution in [2.75, 3.05) is 38.1 Å². The molecule has 0 unspecified atom stereocenters. The molecular weight excluding hydrogens is 368 g/mol. The highest BCUT2D eigenvalue weighted by molar-refractivity contribution is 6.37. The second-order valence-corrected chi connectivity index (χ2v) is 7.35. The van der Waals surface area contributed by atoms with E-state index >= 15 is 0 Å². The molecule has 0 aromatic heterocycles. The Kier molecular flexibility index (Phi) is 3.47. The largest absolute Gasteiger partial charge is 0.493 e. The van der Waals surface area contributed by atoms with Crippen LogP contribution in [0.2, 0.25) is 0 Å². The fourth-order valence-electron chi connectivity index (χ4n) is 4.78. The van der Waals surface area contributed by atoms with Crippen LogP contribution in [0.3, 0.4) is 0 Å². The monoisotopic (exact) mass is 388 g/mol. The normalized spacial score (nSPS) is 16.6. The molecule has 6 heteroatoms. The highest BCUT2D eigenvalue weighted by atomic mass is 16.5. The number of Topliss-reactive ketones (excluding diaryl/α,β-unsaturated/α-hetero) is 2. The number of nitrogens with zero attached hydrogens (tertiary/aromatic N) is 2. The predicted octanol–water partition coefficient (Wildman–Crippen LogP) is 3.52. The number of rotatable bonds is 2. The zero-order chi connectivity index (χ0) is 20.5. The summed E-state index contributed by atoms with van der Waals surface area (Å²) in [6.45, 7) is 0. The fourth-order valence-corrected chi connectivity index (χ4v) is 4.78. The van der Waals surface area contributed by atoms with Gasteiger partial charge in [-0.05, 0) is 29.7 Å². The average Bonchev–Trinajstić information content (AvgIpc) is 2.96. The van der Waals surface area contributed by atoms with Crippen LogP contribution >= 0.6 is 0 Å². The molecule has 0 fully saturated rings. The van der Waals surface area contributed by atoms with Crippen LogP contribution in [0.4, 0.5) is 11.4 Å². The lowest BCUT2D eigenvalue weighted by Gasteiger charge is -2.48. The van der Waals surface area contributed by atoms with Crippen molar-refractivity contribution < 1.29 is 19.1 Å². The number of methoxy groups -OCH3 is 2. The Balaban J connectivity index is 1.80. The predicted molar refractivity (Wildman–Crippen MR) is 112 cm³/mol. The van der Waals surface area contributed by atoms with E-state index in [-0.39, 0.29) is 11.6 Å². The van der Waals surface area contributed by atoms with Crippen LogP contribution in [0.25, 0.3) is 10.8 Å². The van der Waals surface area contributed by atoms with Crippen molar-refractivity contribution in [1.29, 1.82) is 0 Å². The Morgan fingerprint density at radius 3 is 1.62 bits per heavy atom. The third-order valence-electron chi connectivity index (χ3n) is 6.20. The summed E-state index contributed by atoms with van der Waals surface area (Å²) >= 11 is 0. The molecular formula is C23H20N2O4. The number of fused-ring (bicyclic) bond motifs is 1. The molecule has 29 heavy (non-hydrogen) atoms. The molecule has 5 rings (SSSR count). The molecule has 1 spiro atoms. The third-order valence-corrected chi connectivity index (χ3v) is 6.20. The second kappa shape index (κ2) is 5.73. The van der Waals surface area contributed by atoms with E-state index < -0.39 is 5.66 Å². The van der Waals surface area contributed by atoms with Gasteiger partial charge in [-0.2, -0.15) is 0 Å². The zero-order valence-corrected chi connectivity index (χ0v) is 16.6. The molecule has 0 saturated carbocycles. The van der Waals surface area contributed by atoms with Crippen LogP contribution in [0, 0.1) is 0 Å². The Labute approximate surface area is 168 Å². The van der Waals surface area contributed by atoms with Gasteiger partial charge in [-0.25, -0.2) is 0 Å². The maximum atomic E-state index is 13.8. The van der Waals surface area contributed by atoms with Crippen molar-refractivity contribution in [3.05, 3.63) is 59.7 Å². The van der Waals surface area contributed by atoms with Gasteiger partial charge in [0.15, 0.2) is 11.5 Å². The molecule has 146 valence electrons. The second-order valence-electron chi connectivity index (χ2n) is 7.35. The molecule has 0 radical (unpaired) electrons. The van der Waals surface area contributed by atoms with Crippen LogP contribution in [0.5, 0.6) is 11.5 Å². The van der Waals surface area contributed by atoms with E-state index in [0.717, 1.165) is 22.1 Å². The highest BCUT2D eigenvalue weighted by Crippen LogP contribution is 2.50. The van der Waals surface area contributed by atoms with E-state index in [9.17, 15) is 9.59 Å². The number of benzene rings is 3. The van der Waals surface area contributed by atoms with Crippen LogP contribution in [0.15, 0.2) is 48.5 Å². The lowest BCUT2D eigenvalue weighted by molar-refractivity contribution is 0.0795. The molecule has 0 N–H and O–H groups in total. The van der Waals surface area contributed by atoms with E-state index in [1.807, 2.05) is 36.4 Å². The van der Waals surface area contributed by atoms with Crippen molar-refractivity contribution in [2.45, 2.75) is 5.66 Å². The van der Waals surface area contributed by atoms with E-state index in [2.05, 4.69) is 0 Å². The van der Waals surface area contributed by atoms with Crippen molar-refractivity contribution in [3.63, 3.8) is 0 Å². The van der Waals surface area contributed by atoms with Crippen molar-refractivity contribution in [3.8, 4) is 11.5 Å². The van der Waals surface area contributed by atoms with Gasteiger partial charge in [0.05, 0.1) is 14.2 Å². The van der Waals surface area contributed by atoms with Crippen molar-refractivity contribution in [2.24, 2.45) is 0 Å². The quantitative estimate of drug-likeness (QED) is 0.626. The zero-order valence-electron chi connectivity index (χ0n) is 16.6. The smallest absolute Gasteiger partial charge is 0.242 e. The molecule has 0 saturated heterocycles. The number of hydrogen-bond donors (Lipinski definition) is 0. The molecule has 3 aromatic carbocycles. The molecule has 0 bridgehead atoms. The summed E-state index contributed by atoms with van der Waals surface area (Å²) in [6.07, 6.45) is 0. The topological polar surface area (TPSA) is 59.1 Å². The number of likely N-dealkylation sites (N-methyl/N-ethyl adjacent to an activating group) is 2. The lowest BCUT2D eigenvalue weighted by atomic mass is 9.92. The number of hydrogen-bond acceptors (Lipinski definition) is 6. The fraction of sp³-hybridized carbons (Fsp3) is 0.217. The summed E-state index contributed by atoms with van der Waals surface area (Å²) in [6, 6.07) is 15.1. The third kappa shape index (κ3) is 1.91. The van der Waals surface area contributed by atoms with Gasteiger partial charge in [-0.1, -0.05) is 24.3 Å². The highest BCUT2D eigenvalue weighted by Gasteiger charge is 2.61. The molecule has 6 nitrogen and oxygen atoms in total. The summed E-state index contributed by atoms with van der Waals surface area (Å²) < 4.78 is 10.7. The van der Waals surface area contributed by atoms with Gasteiger partial charge in [0.1, 0.15) is 0 Å². The maximum Gasteiger partial charge on any atom is 0.242 e. The summed E-state index contributed by atoms with van der Waals surface area (Å²) in [5, 5.41) is 2.09. The van der Waals surface area contributed by atoms with Crippen LogP contribution in [-0.4, -0.2) is 45.5 Å². The molecule has 2 aliphatic rings. The van der Waals surface area contributed by atoms with Gasteiger partial charge < -0.3 is 19.3 Å². The van der Waals surface area contributed by atoms with E-state index in [1.165, 1.54) is 14.2 Å². The first kappa shape index (κ1) is 17.6. The first-order valence-electron chi connectivity index (χ1n) is 9.31. The first-order valence-corrected chi connectivity index (χ1v) is 9.31. The number of carbonyl (C=O) groups is 2. The maximum absolute atomic E-state index is 13.8. The minimum atomic E-state index is -1.48. The summed E-state index contributed by atoms with van der Waals surface area (Å²) in [5.41, 5.74) is 0.910. The van der Waals surface area contributed by atoms with Crippen molar-refractivity contribution >= 4 is 33.7 Å². The summed E-state index contributed by atoms with van der Waals surface area (Å²) in [7, 11) is 6.63. The Morgan fingerprint density at radius 1 is 0.759 bits per heavy atom. The SMILES string of the molecule is COc1cc2c(cc1OC)C(=O)C1(C2=O)N(C)c2cccc3cccc(c23)N1C. The summed E-state index contributed by atoms with van der Waals surface area (Å²) in [5.74, 6) is 0.311. The minimum absolute atomic E-state index is 0.269. The molecule has 1 aliphatic heterocycles. The molecule has 1 heterocycles. The van der Waals surface area contributed by atoms with Crippen LogP contribution in [0.1, 0.15) is 20.7 Å². The minimum Gasteiger partial charge on any atom is -0.493 e. The number of ketones is 2. The number of ether oxygens (including phenoxy) is 2. The van der Waals surface area contributed by atoms with Gasteiger partial charge in [0, 0.05) is 42.0 Å². The Morgan fingerprint density at radius 2 is 1.21 bits per heavy atom. The van der Waals surface area contributed by atoms with Gasteiger partial charge in [-0.3, -0.25) is 9.59 Å². The van der Waals surface area contributed by atoms with Crippen LogP contribution < -0.4 is 19.3 Å². The number of carbonyl (C=O) groups excluding carboxylic acids is 2. The van der Waals surface area contributed by atoms with Gasteiger partial charge in [0.2, 0.25) is 17.2 Å². The molecule has 0 amide bonds. The van der Waals surface area contributed by atoms with E-state index in [4.69, 9.17) is 9.47 Å². The van der Waals surface area contributed by atoms with E-state index in [0.29, 0.717) is 22.6 Å². The summed E-state index contributed by atoms with van der Waals surface area (Å²) in [4.78, 5) is 31.2. The van der Waals surface area contributed by atoms with Crippen LogP contribution in [-0.2, 0) is 0 Å². The van der Waals surface area contributed by atoms with E-state index in [1.54, 1.807) is 36.0 Å². The first-order chi connectivity index (χ1) is 14.0. The standard InChI is InChI=1S/C23H20N2O4/c1-24-16-9-5-7-13-8-6-10-17(20(13)16)25(2)23(24)21(26)14-11-18(28-3)19(29-4)12-15(14)22(23)27/h5-12H,1-4H3. The lowest BCUT2D eigenvalue weighted by Crippen LogP contribution is -2.67. The van der Waals surface area contributed by atoms with Gasteiger partial charge >= 0.3 is 0 Å². The average molecular weight is 388 g/mol. The molecule has 3 aromatic rings. The van der Waals surface area contributed by atoms with Gasteiger partial charge in [-0.15, -0.1) is 0 Å². The Bertz CT molecular complexity index is 1130. The number of anilines is 2. The molecule has 1 aliphatic carbocycles. The van der Waals surface area contributed by atoms with Crippen molar-refractivity contribution in [1.82, 2.24) is 0 Å².